The summed E-state index contributed by atoms with van der Waals surface area (Å²) in [5.41, 5.74) is 5.53. The van der Waals surface area contributed by atoms with Crippen LogP contribution in [-0.2, 0) is 13.0 Å². The van der Waals surface area contributed by atoms with E-state index in [0.717, 1.165) is 6.54 Å². The van der Waals surface area contributed by atoms with Gasteiger partial charge in [0.25, 0.3) is 0 Å². The Morgan fingerprint density at radius 3 is 2.80 bits per heavy atom. The molecule has 0 aliphatic heterocycles. The Balaban J connectivity index is 1.55. The minimum absolute atomic E-state index is 0.191. The Morgan fingerprint density at radius 2 is 1.96 bits per heavy atom. The molecule has 2 aliphatic rings. The van der Waals surface area contributed by atoms with E-state index in [2.05, 4.69) is 33.8 Å². The van der Waals surface area contributed by atoms with Crippen molar-refractivity contribution in [1.29, 1.82) is 0 Å². The second-order valence-electron chi connectivity index (χ2n) is 7.74. The number of H-pyrrole nitrogens is 1. The molecular formula is C21H31N3O. The molecule has 0 bridgehead atoms. The second-order valence-corrected chi connectivity index (χ2v) is 7.74. The van der Waals surface area contributed by atoms with Gasteiger partial charge >= 0.3 is 0 Å². The number of benzene rings is 1. The van der Waals surface area contributed by atoms with Crippen molar-refractivity contribution >= 4 is 10.9 Å². The van der Waals surface area contributed by atoms with Crippen LogP contribution >= 0.6 is 0 Å². The number of nitrogens with one attached hydrogen (secondary N) is 3. The molecular weight excluding hydrogens is 310 g/mol. The zero-order chi connectivity index (χ0) is 17.1. The highest BCUT2D eigenvalue weighted by molar-refractivity contribution is 5.85. The van der Waals surface area contributed by atoms with Gasteiger partial charge in [-0.25, -0.2) is 0 Å². The molecule has 25 heavy (non-hydrogen) atoms. The van der Waals surface area contributed by atoms with Gasteiger partial charge in [-0.2, -0.15) is 0 Å². The van der Waals surface area contributed by atoms with Crippen LogP contribution in [0.15, 0.2) is 18.2 Å². The van der Waals surface area contributed by atoms with E-state index in [4.69, 9.17) is 5.11 Å². The zero-order valence-corrected chi connectivity index (χ0v) is 15.1. The van der Waals surface area contributed by atoms with Gasteiger partial charge < -0.3 is 20.7 Å². The fourth-order valence-electron chi connectivity index (χ4n) is 4.65. The summed E-state index contributed by atoms with van der Waals surface area (Å²) in [4.78, 5) is 3.73. The van der Waals surface area contributed by atoms with Gasteiger partial charge in [0.05, 0.1) is 6.61 Å². The Morgan fingerprint density at radius 1 is 1.08 bits per heavy atom. The monoisotopic (exact) mass is 341 g/mol. The van der Waals surface area contributed by atoms with Crippen LogP contribution in [0, 0.1) is 0 Å². The molecule has 2 aromatic rings. The van der Waals surface area contributed by atoms with Crippen molar-refractivity contribution < 1.29 is 5.11 Å². The van der Waals surface area contributed by atoms with Crippen molar-refractivity contribution in [3.05, 3.63) is 35.0 Å². The number of aromatic nitrogens is 1. The molecule has 1 aromatic carbocycles. The summed E-state index contributed by atoms with van der Waals surface area (Å²) in [5, 5.41) is 17.6. The Hall–Kier alpha value is -1.36. The van der Waals surface area contributed by atoms with E-state index >= 15 is 0 Å². The number of hydrogen-bond acceptors (Lipinski definition) is 3. The Bertz CT molecular complexity index is 702. The molecule has 136 valence electrons. The summed E-state index contributed by atoms with van der Waals surface area (Å²) in [6.45, 7) is 1.66. The number of fused-ring (bicyclic) bond motifs is 3. The minimum Gasteiger partial charge on any atom is -0.395 e. The fourth-order valence-corrected chi connectivity index (χ4v) is 4.65. The predicted octanol–water partition coefficient (Wildman–Crippen LogP) is 3.55. The zero-order valence-electron chi connectivity index (χ0n) is 15.1. The molecule has 1 heterocycles. The van der Waals surface area contributed by atoms with Gasteiger partial charge in [-0.15, -0.1) is 0 Å². The summed E-state index contributed by atoms with van der Waals surface area (Å²) < 4.78 is 0. The van der Waals surface area contributed by atoms with E-state index in [0.29, 0.717) is 18.6 Å². The summed E-state index contributed by atoms with van der Waals surface area (Å²) in [7, 11) is 0. The van der Waals surface area contributed by atoms with Gasteiger partial charge in [0.2, 0.25) is 0 Å². The minimum atomic E-state index is 0.191. The maximum absolute atomic E-state index is 8.93. The van der Waals surface area contributed by atoms with Gasteiger partial charge in [0.15, 0.2) is 0 Å². The van der Waals surface area contributed by atoms with Gasteiger partial charge in [-0.05, 0) is 55.4 Å². The lowest BCUT2D eigenvalue weighted by Gasteiger charge is -2.31. The second kappa shape index (κ2) is 7.90. The van der Waals surface area contributed by atoms with Crippen LogP contribution in [0.2, 0.25) is 0 Å². The number of aliphatic hydroxyl groups excluding tert-OH is 1. The average molecular weight is 341 g/mol. The van der Waals surface area contributed by atoms with Gasteiger partial charge in [-0.3, -0.25) is 0 Å². The van der Waals surface area contributed by atoms with Crippen LogP contribution < -0.4 is 10.6 Å². The Labute approximate surface area is 150 Å². The number of hydrogen-bond donors (Lipinski definition) is 4. The summed E-state index contributed by atoms with van der Waals surface area (Å²) >= 11 is 0. The van der Waals surface area contributed by atoms with Gasteiger partial charge in [0, 0.05) is 41.8 Å². The first-order valence-corrected chi connectivity index (χ1v) is 10.1. The van der Waals surface area contributed by atoms with Crippen LogP contribution in [-0.4, -0.2) is 29.3 Å². The SMILES string of the molecule is OCCNCc1ccc2[nH]c3c(c2c1)CCCC3NC1CCCCC1. The summed E-state index contributed by atoms with van der Waals surface area (Å²) in [6.07, 6.45) is 10.6. The molecule has 1 unspecified atom stereocenters. The van der Waals surface area contributed by atoms with Crippen LogP contribution in [0.5, 0.6) is 0 Å². The molecule has 4 rings (SSSR count). The quantitative estimate of drug-likeness (QED) is 0.608. The lowest BCUT2D eigenvalue weighted by molar-refractivity contribution is 0.292. The topological polar surface area (TPSA) is 60.1 Å². The predicted molar refractivity (Wildman–Crippen MR) is 103 cm³/mol. The molecule has 4 N–H and O–H groups in total. The number of rotatable bonds is 6. The molecule has 0 amide bonds. The van der Waals surface area contributed by atoms with Crippen LogP contribution in [0.3, 0.4) is 0 Å². The van der Waals surface area contributed by atoms with E-state index in [1.807, 2.05) is 0 Å². The average Bonchev–Trinajstić information content (AvgIpc) is 3.02. The third kappa shape index (κ3) is 3.76. The van der Waals surface area contributed by atoms with E-state index in [-0.39, 0.29) is 6.61 Å². The van der Waals surface area contributed by atoms with Crippen molar-refractivity contribution in [2.75, 3.05) is 13.2 Å². The third-order valence-corrected chi connectivity index (χ3v) is 5.93. The van der Waals surface area contributed by atoms with Crippen molar-refractivity contribution in [3.8, 4) is 0 Å². The lowest BCUT2D eigenvalue weighted by atomic mass is 9.89. The van der Waals surface area contributed by atoms with E-state index in [9.17, 15) is 0 Å². The summed E-state index contributed by atoms with van der Waals surface area (Å²) in [6, 6.07) is 7.95. The molecule has 2 aliphatic carbocycles. The van der Waals surface area contributed by atoms with Crippen LogP contribution in [0.1, 0.15) is 67.8 Å². The van der Waals surface area contributed by atoms with Gasteiger partial charge in [-0.1, -0.05) is 25.3 Å². The van der Waals surface area contributed by atoms with Crippen LogP contribution in [0.25, 0.3) is 10.9 Å². The number of aromatic amines is 1. The molecule has 4 heteroatoms. The molecule has 1 aromatic heterocycles. The number of aryl methyl sites for hydroxylation is 1. The van der Waals surface area contributed by atoms with Gasteiger partial charge in [0.1, 0.15) is 0 Å². The first-order chi connectivity index (χ1) is 12.3. The van der Waals surface area contributed by atoms with E-state index < -0.39 is 0 Å². The van der Waals surface area contributed by atoms with E-state index in [1.165, 1.54) is 79.1 Å². The largest absolute Gasteiger partial charge is 0.395 e. The van der Waals surface area contributed by atoms with E-state index in [1.54, 1.807) is 0 Å². The molecule has 1 saturated carbocycles. The summed E-state index contributed by atoms with van der Waals surface area (Å²) in [5.74, 6) is 0. The maximum atomic E-state index is 8.93. The lowest BCUT2D eigenvalue weighted by Crippen LogP contribution is -2.36. The third-order valence-electron chi connectivity index (χ3n) is 5.93. The normalized spacial score (nSPS) is 21.6. The van der Waals surface area contributed by atoms with Crippen molar-refractivity contribution in [2.24, 2.45) is 0 Å². The van der Waals surface area contributed by atoms with Crippen molar-refractivity contribution in [2.45, 2.75) is 70.0 Å². The maximum Gasteiger partial charge on any atom is 0.0556 e. The highest BCUT2D eigenvalue weighted by Crippen LogP contribution is 2.36. The van der Waals surface area contributed by atoms with Crippen LogP contribution in [0.4, 0.5) is 0 Å². The smallest absolute Gasteiger partial charge is 0.0556 e. The van der Waals surface area contributed by atoms with Crippen molar-refractivity contribution in [1.82, 2.24) is 15.6 Å². The Kier molecular flexibility index (Phi) is 5.39. The molecule has 4 nitrogen and oxygen atoms in total. The fraction of sp³-hybridized carbons (Fsp3) is 0.619. The molecule has 1 atom stereocenters. The number of aliphatic hydroxyl groups is 1. The molecule has 0 radical (unpaired) electrons. The van der Waals surface area contributed by atoms with Crippen molar-refractivity contribution in [3.63, 3.8) is 0 Å². The molecule has 0 spiro atoms. The highest BCUT2D eigenvalue weighted by Gasteiger charge is 2.26. The molecule has 0 saturated heterocycles. The standard InChI is InChI=1S/C21H31N3O/c25-12-11-22-14-15-9-10-19-18(13-15)17-7-4-8-20(21(17)24-19)23-16-5-2-1-3-6-16/h9-10,13,16,20,22-25H,1-8,11-12,14H2. The first-order valence-electron chi connectivity index (χ1n) is 10.1. The molecule has 1 fully saturated rings. The first kappa shape index (κ1) is 17.1. The highest BCUT2D eigenvalue weighted by atomic mass is 16.3.